The molecule has 18 heavy (non-hydrogen) atoms. The van der Waals surface area contributed by atoms with Crippen molar-refractivity contribution in [1.82, 2.24) is 0 Å². The molecule has 0 fully saturated rings. The Bertz CT molecular complexity index is 395. The number of ether oxygens (including phenoxy) is 1. The Balaban J connectivity index is 2.58. The fourth-order valence-electron chi connectivity index (χ4n) is 1.39. The van der Waals surface area contributed by atoms with Gasteiger partial charge in [0.2, 0.25) is 0 Å². The van der Waals surface area contributed by atoms with Crippen LogP contribution in [0.3, 0.4) is 0 Å². The topological polar surface area (TPSA) is 38.3 Å². The summed E-state index contributed by atoms with van der Waals surface area (Å²) in [6.07, 6.45) is 2.03. The van der Waals surface area contributed by atoms with E-state index in [0.29, 0.717) is 0 Å². The summed E-state index contributed by atoms with van der Waals surface area (Å²) >= 11 is 1.69. The summed E-state index contributed by atoms with van der Waals surface area (Å²) < 4.78 is 5.31. The van der Waals surface area contributed by atoms with E-state index in [4.69, 9.17) is 4.74 Å². The second kappa shape index (κ2) is 6.14. The van der Waals surface area contributed by atoms with E-state index in [-0.39, 0.29) is 12.0 Å². The molecule has 1 unspecified atom stereocenters. The summed E-state index contributed by atoms with van der Waals surface area (Å²) in [6.45, 7) is 7.40. The number of carbonyl (C=O) groups is 1. The van der Waals surface area contributed by atoms with Crippen LogP contribution in [0.2, 0.25) is 0 Å². The molecule has 0 spiro atoms. The monoisotopic (exact) mass is 267 g/mol. The van der Waals surface area contributed by atoms with Gasteiger partial charge in [-0.3, -0.25) is 0 Å². The molecule has 0 aromatic heterocycles. The first-order valence-corrected chi connectivity index (χ1v) is 7.18. The van der Waals surface area contributed by atoms with E-state index >= 15 is 0 Å². The zero-order valence-corrected chi connectivity index (χ0v) is 12.4. The average Bonchev–Trinajstić information content (AvgIpc) is 2.27. The highest BCUT2D eigenvalue weighted by molar-refractivity contribution is 7.98. The zero-order valence-electron chi connectivity index (χ0n) is 11.6. The molecule has 0 aliphatic heterocycles. The van der Waals surface area contributed by atoms with Gasteiger partial charge in [0.1, 0.15) is 11.6 Å². The molecule has 1 aromatic carbocycles. The molecule has 0 saturated heterocycles. The summed E-state index contributed by atoms with van der Waals surface area (Å²) in [7, 11) is 0. The first-order chi connectivity index (χ1) is 8.31. The van der Waals surface area contributed by atoms with Crippen LogP contribution in [0, 0.1) is 0 Å². The first-order valence-electron chi connectivity index (χ1n) is 5.95. The van der Waals surface area contributed by atoms with Crippen LogP contribution in [0.4, 0.5) is 5.69 Å². The van der Waals surface area contributed by atoms with Crippen molar-refractivity contribution in [3.05, 3.63) is 24.3 Å². The van der Waals surface area contributed by atoms with Crippen molar-refractivity contribution in [2.24, 2.45) is 0 Å². The number of benzene rings is 1. The second-order valence-electron chi connectivity index (χ2n) is 5.13. The summed E-state index contributed by atoms with van der Waals surface area (Å²) in [5.41, 5.74) is 0.474. The number of nitrogens with one attached hydrogen (secondary N) is 1. The average molecular weight is 267 g/mol. The van der Waals surface area contributed by atoms with Gasteiger partial charge in [-0.2, -0.15) is 0 Å². The molecule has 100 valence electrons. The van der Waals surface area contributed by atoms with Gasteiger partial charge in [-0.25, -0.2) is 4.79 Å². The lowest BCUT2D eigenvalue weighted by atomic mass is 10.2. The quantitative estimate of drug-likeness (QED) is 0.669. The minimum Gasteiger partial charge on any atom is -0.458 e. The van der Waals surface area contributed by atoms with E-state index < -0.39 is 5.60 Å². The summed E-state index contributed by atoms with van der Waals surface area (Å²) in [5, 5.41) is 3.13. The summed E-state index contributed by atoms with van der Waals surface area (Å²) in [6, 6.07) is 7.62. The minimum absolute atomic E-state index is 0.239. The maximum absolute atomic E-state index is 11.8. The smallest absolute Gasteiger partial charge is 0.328 e. The fraction of sp³-hybridized carbons (Fsp3) is 0.500. The summed E-state index contributed by atoms with van der Waals surface area (Å²) in [4.78, 5) is 13.0. The molecule has 4 heteroatoms. The Morgan fingerprint density at radius 1 is 1.28 bits per heavy atom. The minimum atomic E-state index is -0.449. The van der Waals surface area contributed by atoms with Crippen molar-refractivity contribution in [2.45, 2.75) is 44.2 Å². The van der Waals surface area contributed by atoms with Crippen LogP contribution >= 0.6 is 11.8 Å². The Hall–Kier alpha value is -1.16. The van der Waals surface area contributed by atoms with Gasteiger partial charge in [0, 0.05) is 10.6 Å². The second-order valence-corrected chi connectivity index (χ2v) is 6.01. The number of hydrogen-bond donors (Lipinski definition) is 1. The lowest BCUT2D eigenvalue weighted by molar-refractivity contribution is -0.155. The lowest BCUT2D eigenvalue weighted by Crippen LogP contribution is -2.34. The molecule has 0 radical (unpaired) electrons. The Kier molecular flexibility index (Phi) is 5.08. The third kappa shape index (κ3) is 5.00. The van der Waals surface area contributed by atoms with Crippen molar-refractivity contribution in [3.63, 3.8) is 0 Å². The Labute approximate surface area is 113 Å². The molecule has 0 amide bonds. The maximum Gasteiger partial charge on any atom is 0.328 e. The molecule has 0 saturated carbocycles. The van der Waals surface area contributed by atoms with E-state index in [9.17, 15) is 4.79 Å². The summed E-state index contributed by atoms with van der Waals surface area (Å²) in [5.74, 6) is -0.239. The number of rotatable bonds is 4. The zero-order chi connectivity index (χ0) is 13.8. The molecule has 1 N–H and O–H groups in total. The number of hydrogen-bond acceptors (Lipinski definition) is 4. The van der Waals surface area contributed by atoms with Crippen molar-refractivity contribution in [3.8, 4) is 0 Å². The van der Waals surface area contributed by atoms with Crippen molar-refractivity contribution >= 4 is 23.4 Å². The van der Waals surface area contributed by atoms with E-state index in [1.54, 1.807) is 18.7 Å². The highest BCUT2D eigenvalue weighted by atomic mass is 32.2. The van der Waals surface area contributed by atoms with E-state index in [0.717, 1.165) is 5.69 Å². The Morgan fingerprint density at radius 3 is 2.28 bits per heavy atom. The molecule has 0 aliphatic carbocycles. The Morgan fingerprint density at radius 2 is 1.83 bits per heavy atom. The highest BCUT2D eigenvalue weighted by Gasteiger charge is 2.21. The predicted molar refractivity (Wildman–Crippen MR) is 77.2 cm³/mol. The van der Waals surface area contributed by atoms with Gasteiger partial charge in [-0.15, -0.1) is 11.8 Å². The number of carbonyl (C=O) groups excluding carboxylic acids is 1. The van der Waals surface area contributed by atoms with E-state index in [2.05, 4.69) is 5.32 Å². The van der Waals surface area contributed by atoms with Gasteiger partial charge >= 0.3 is 5.97 Å². The predicted octanol–water partition coefficient (Wildman–Crippen LogP) is 3.55. The molecule has 1 rings (SSSR count). The van der Waals surface area contributed by atoms with Crippen LogP contribution in [-0.2, 0) is 9.53 Å². The molecule has 3 nitrogen and oxygen atoms in total. The van der Waals surface area contributed by atoms with Crippen LogP contribution in [0.25, 0.3) is 0 Å². The van der Waals surface area contributed by atoms with Crippen LogP contribution in [-0.4, -0.2) is 23.9 Å². The molecule has 1 atom stereocenters. The van der Waals surface area contributed by atoms with Gasteiger partial charge in [0.05, 0.1) is 0 Å². The van der Waals surface area contributed by atoms with Crippen molar-refractivity contribution in [2.75, 3.05) is 11.6 Å². The maximum atomic E-state index is 11.8. The third-order valence-electron chi connectivity index (χ3n) is 2.23. The van der Waals surface area contributed by atoms with Crippen LogP contribution in [0.1, 0.15) is 27.7 Å². The molecular formula is C14H21NO2S. The largest absolute Gasteiger partial charge is 0.458 e. The lowest BCUT2D eigenvalue weighted by Gasteiger charge is -2.23. The van der Waals surface area contributed by atoms with Crippen molar-refractivity contribution < 1.29 is 9.53 Å². The van der Waals surface area contributed by atoms with Crippen LogP contribution in [0.15, 0.2) is 29.2 Å². The first kappa shape index (κ1) is 14.9. The normalized spacial score (nSPS) is 12.9. The van der Waals surface area contributed by atoms with Crippen LogP contribution < -0.4 is 5.32 Å². The number of esters is 1. The highest BCUT2D eigenvalue weighted by Crippen LogP contribution is 2.18. The molecule has 0 bridgehead atoms. The van der Waals surface area contributed by atoms with Crippen molar-refractivity contribution in [1.29, 1.82) is 0 Å². The van der Waals surface area contributed by atoms with Gasteiger partial charge in [0.15, 0.2) is 0 Å². The SMILES string of the molecule is CSc1ccc(NC(C)C(=O)OC(C)(C)C)cc1. The molecule has 0 aliphatic rings. The third-order valence-corrected chi connectivity index (χ3v) is 2.98. The van der Waals surface area contributed by atoms with E-state index in [1.807, 2.05) is 51.3 Å². The fourth-order valence-corrected chi connectivity index (χ4v) is 1.79. The van der Waals surface area contributed by atoms with Gasteiger partial charge in [-0.05, 0) is 58.2 Å². The molecule has 1 aromatic rings. The standard InChI is InChI=1S/C14H21NO2S/c1-10(13(16)17-14(2,3)4)15-11-6-8-12(18-5)9-7-11/h6-10,15H,1-5H3. The number of anilines is 1. The number of thioether (sulfide) groups is 1. The molecule has 0 heterocycles. The van der Waals surface area contributed by atoms with Gasteiger partial charge in [0.25, 0.3) is 0 Å². The molecular weight excluding hydrogens is 246 g/mol. The van der Waals surface area contributed by atoms with Gasteiger partial charge < -0.3 is 10.1 Å². The van der Waals surface area contributed by atoms with Crippen LogP contribution in [0.5, 0.6) is 0 Å². The van der Waals surface area contributed by atoms with Gasteiger partial charge in [-0.1, -0.05) is 0 Å². The van der Waals surface area contributed by atoms with E-state index in [1.165, 1.54) is 4.90 Å².